The van der Waals surface area contributed by atoms with Crippen molar-refractivity contribution in [3.63, 3.8) is 0 Å². The van der Waals surface area contributed by atoms with Gasteiger partial charge in [0.15, 0.2) is 0 Å². The van der Waals surface area contributed by atoms with Gasteiger partial charge in [0.1, 0.15) is 6.04 Å². The molecular formula is C15H25N3O3. The predicted octanol–water partition coefficient (Wildman–Crippen LogP) is 0.516. The topological polar surface area (TPSA) is 69.7 Å². The minimum absolute atomic E-state index is 0.00343. The number of carbonyl (C=O) groups is 3. The van der Waals surface area contributed by atoms with E-state index in [0.717, 1.165) is 25.8 Å². The number of nitrogens with one attached hydrogen (secondary N) is 1. The molecule has 0 aromatic heterocycles. The molecule has 2 fully saturated rings. The SMILES string of the molecule is CCCCC(=O)N1CCCN(C(=O)C2CCC(=O)N2)CC1. The first-order valence-electron chi connectivity index (χ1n) is 7.97. The van der Waals surface area contributed by atoms with Crippen LogP contribution in [0.1, 0.15) is 45.4 Å². The molecular weight excluding hydrogens is 270 g/mol. The van der Waals surface area contributed by atoms with Gasteiger partial charge in [0.2, 0.25) is 17.7 Å². The predicted molar refractivity (Wildman–Crippen MR) is 78.5 cm³/mol. The first-order chi connectivity index (χ1) is 10.1. The lowest BCUT2D eigenvalue weighted by molar-refractivity contribution is -0.135. The average Bonchev–Trinajstić information content (AvgIpc) is 2.76. The smallest absolute Gasteiger partial charge is 0.245 e. The van der Waals surface area contributed by atoms with Gasteiger partial charge in [-0.3, -0.25) is 14.4 Å². The van der Waals surface area contributed by atoms with Gasteiger partial charge in [-0.05, 0) is 19.3 Å². The summed E-state index contributed by atoms with van der Waals surface area (Å²) in [5, 5.41) is 2.72. The Balaban J connectivity index is 1.84. The molecule has 2 rings (SSSR count). The summed E-state index contributed by atoms with van der Waals surface area (Å²) in [5.74, 6) is 0.156. The van der Waals surface area contributed by atoms with E-state index in [4.69, 9.17) is 0 Å². The lowest BCUT2D eigenvalue weighted by Crippen LogP contribution is -2.46. The molecule has 0 aromatic carbocycles. The van der Waals surface area contributed by atoms with E-state index in [0.29, 0.717) is 38.9 Å². The van der Waals surface area contributed by atoms with Gasteiger partial charge in [-0.25, -0.2) is 0 Å². The summed E-state index contributed by atoms with van der Waals surface area (Å²) in [7, 11) is 0. The highest BCUT2D eigenvalue weighted by atomic mass is 16.2. The van der Waals surface area contributed by atoms with Crippen LogP contribution in [0, 0.1) is 0 Å². The molecule has 6 heteroatoms. The summed E-state index contributed by atoms with van der Waals surface area (Å²) in [6, 6.07) is -0.361. The van der Waals surface area contributed by atoms with Crippen LogP contribution >= 0.6 is 0 Å². The van der Waals surface area contributed by atoms with Gasteiger partial charge in [0.05, 0.1) is 0 Å². The minimum atomic E-state index is -0.361. The fourth-order valence-corrected chi connectivity index (χ4v) is 2.89. The molecule has 0 aromatic rings. The molecule has 2 aliphatic rings. The molecule has 0 spiro atoms. The van der Waals surface area contributed by atoms with Gasteiger partial charge in [-0.2, -0.15) is 0 Å². The van der Waals surface area contributed by atoms with Crippen molar-refractivity contribution in [2.24, 2.45) is 0 Å². The van der Waals surface area contributed by atoms with Crippen LogP contribution in [0.25, 0.3) is 0 Å². The Morgan fingerprint density at radius 2 is 1.90 bits per heavy atom. The van der Waals surface area contributed by atoms with Crippen LogP contribution in [-0.4, -0.2) is 59.7 Å². The van der Waals surface area contributed by atoms with E-state index in [-0.39, 0.29) is 23.8 Å². The van der Waals surface area contributed by atoms with Crippen LogP contribution in [-0.2, 0) is 14.4 Å². The van der Waals surface area contributed by atoms with Crippen LogP contribution in [0.15, 0.2) is 0 Å². The number of hydrogen-bond donors (Lipinski definition) is 1. The largest absolute Gasteiger partial charge is 0.344 e. The number of carbonyl (C=O) groups excluding carboxylic acids is 3. The third-order valence-electron chi connectivity index (χ3n) is 4.20. The van der Waals surface area contributed by atoms with Crippen LogP contribution in [0.3, 0.4) is 0 Å². The first-order valence-corrected chi connectivity index (χ1v) is 7.97. The molecule has 1 N–H and O–H groups in total. The molecule has 2 aliphatic heterocycles. The van der Waals surface area contributed by atoms with Crippen LogP contribution in [0.2, 0.25) is 0 Å². The lowest BCUT2D eigenvalue weighted by atomic mass is 10.2. The second-order valence-corrected chi connectivity index (χ2v) is 5.82. The van der Waals surface area contributed by atoms with Gasteiger partial charge in [-0.15, -0.1) is 0 Å². The van der Waals surface area contributed by atoms with Crippen molar-refractivity contribution < 1.29 is 14.4 Å². The molecule has 21 heavy (non-hydrogen) atoms. The van der Waals surface area contributed by atoms with Gasteiger partial charge < -0.3 is 15.1 Å². The maximum atomic E-state index is 12.4. The monoisotopic (exact) mass is 295 g/mol. The highest BCUT2D eigenvalue weighted by Crippen LogP contribution is 2.13. The second-order valence-electron chi connectivity index (χ2n) is 5.82. The average molecular weight is 295 g/mol. The van der Waals surface area contributed by atoms with E-state index in [1.807, 2.05) is 4.90 Å². The van der Waals surface area contributed by atoms with E-state index in [1.54, 1.807) is 4.90 Å². The van der Waals surface area contributed by atoms with Gasteiger partial charge in [0.25, 0.3) is 0 Å². The van der Waals surface area contributed by atoms with Crippen molar-refractivity contribution >= 4 is 17.7 Å². The zero-order chi connectivity index (χ0) is 15.2. The van der Waals surface area contributed by atoms with Crippen LogP contribution < -0.4 is 5.32 Å². The fourth-order valence-electron chi connectivity index (χ4n) is 2.89. The zero-order valence-corrected chi connectivity index (χ0v) is 12.8. The van der Waals surface area contributed by atoms with E-state index in [9.17, 15) is 14.4 Å². The standard InChI is InChI=1S/C15H25N3O3/c1-2-3-5-14(20)17-8-4-9-18(11-10-17)15(21)12-6-7-13(19)16-12/h12H,2-11H2,1H3,(H,16,19). The van der Waals surface area contributed by atoms with Crippen molar-refractivity contribution in [3.8, 4) is 0 Å². The van der Waals surface area contributed by atoms with Crippen LogP contribution in [0.5, 0.6) is 0 Å². The van der Waals surface area contributed by atoms with Crippen molar-refractivity contribution in [1.82, 2.24) is 15.1 Å². The van der Waals surface area contributed by atoms with Crippen molar-refractivity contribution in [2.45, 2.75) is 51.5 Å². The zero-order valence-electron chi connectivity index (χ0n) is 12.8. The van der Waals surface area contributed by atoms with E-state index >= 15 is 0 Å². The Bertz CT molecular complexity index is 411. The third kappa shape index (κ3) is 4.19. The highest BCUT2D eigenvalue weighted by molar-refractivity contribution is 5.90. The van der Waals surface area contributed by atoms with Crippen molar-refractivity contribution in [1.29, 1.82) is 0 Å². The number of amides is 3. The summed E-state index contributed by atoms with van der Waals surface area (Å²) in [6.45, 7) is 4.65. The Hall–Kier alpha value is -1.59. The molecule has 3 amide bonds. The number of hydrogen-bond acceptors (Lipinski definition) is 3. The summed E-state index contributed by atoms with van der Waals surface area (Å²) < 4.78 is 0. The molecule has 118 valence electrons. The Labute approximate surface area is 125 Å². The van der Waals surface area contributed by atoms with Gasteiger partial charge >= 0.3 is 0 Å². The van der Waals surface area contributed by atoms with Crippen molar-refractivity contribution in [3.05, 3.63) is 0 Å². The molecule has 0 saturated carbocycles. The molecule has 0 aliphatic carbocycles. The summed E-state index contributed by atoms with van der Waals surface area (Å²) in [4.78, 5) is 39.3. The normalized spacial score (nSPS) is 22.9. The molecule has 0 radical (unpaired) electrons. The first kappa shape index (κ1) is 15.8. The minimum Gasteiger partial charge on any atom is -0.344 e. The molecule has 2 saturated heterocycles. The molecule has 2 heterocycles. The van der Waals surface area contributed by atoms with Gasteiger partial charge in [0, 0.05) is 39.0 Å². The summed E-state index contributed by atoms with van der Waals surface area (Å²) >= 11 is 0. The van der Waals surface area contributed by atoms with Crippen molar-refractivity contribution in [2.75, 3.05) is 26.2 Å². The molecule has 0 bridgehead atoms. The maximum absolute atomic E-state index is 12.4. The molecule has 1 atom stereocenters. The fraction of sp³-hybridized carbons (Fsp3) is 0.800. The Kier molecular flexibility index (Phi) is 5.59. The third-order valence-corrected chi connectivity index (χ3v) is 4.20. The highest BCUT2D eigenvalue weighted by Gasteiger charge is 2.31. The lowest BCUT2D eigenvalue weighted by Gasteiger charge is -2.24. The number of rotatable bonds is 4. The molecule has 1 unspecified atom stereocenters. The van der Waals surface area contributed by atoms with E-state index in [2.05, 4.69) is 12.2 Å². The summed E-state index contributed by atoms with van der Waals surface area (Å²) in [5.41, 5.74) is 0. The quantitative estimate of drug-likeness (QED) is 0.822. The van der Waals surface area contributed by atoms with E-state index in [1.165, 1.54) is 0 Å². The number of nitrogens with zero attached hydrogens (tertiary/aromatic N) is 2. The number of unbranched alkanes of at least 4 members (excludes halogenated alkanes) is 1. The molecule has 6 nitrogen and oxygen atoms in total. The van der Waals surface area contributed by atoms with Gasteiger partial charge in [-0.1, -0.05) is 13.3 Å². The Morgan fingerprint density at radius 3 is 2.57 bits per heavy atom. The second kappa shape index (κ2) is 7.43. The Morgan fingerprint density at radius 1 is 1.19 bits per heavy atom. The van der Waals surface area contributed by atoms with Crippen LogP contribution in [0.4, 0.5) is 0 Å². The van der Waals surface area contributed by atoms with E-state index < -0.39 is 0 Å². The summed E-state index contributed by atoms with van der Waals surface area (Å²) in [6.07, 6.45) is 4.38. The maximum Gasteiger partial charge on any atom is 0.245 e.